The molecule has 2 aliphatic rings. The molecule has 7 heteroatoms. The molecule has 0 atom stereocenters. The maximum absolute atomic E-state index is 4.41. The van der Waals surface area contributed by atoms with E-state index in [1.165, 1.54) is 57.2 Å². The quantitative estimate of drug-likeness (QED) is 0.377. The second kappa shape index (κ2) is 10.5. The fourth-order valence-electron chi connectivity index (χ4n) is 4.30. The second-order valence-electron chi connectivity index (χ2n) is 7.66. The summed E-state index contributed by atoms with van der Waals surface area (Å²) in [5.74, 6) is 3.19. The van der Waals surface area contributed by atoms with Crippen molar-refractivity contribution in [2.24, 2.45) is 10.4 Å². The molecule has 0 bridgehead atoms. The molecule has 2 heterocycles. The molecule has 6 nitrogen and oxygen atoms in total. The van der Waals surface area contributed by atoms with Crippen LogP contribution in [0, 0.1) is 5.41 Å². The number of hydrogen-bond donors (Lipinski definition) is 2. The average Bonchev–Trinajstić information content (AvgIpc) is 3.19. The van der Waals surface area contributed by atoms with Gasteiger partial charge in [0.1, 0.15) is 11.6 Å². The normalized spacial score (nSPS) is 19.4. The maximum Gasteiger partial charge on any atom is 0.191 e. The van der Waals surface area contributed by atoms with E-state index in [0.717, 1.165) is 44.3 Å². The summed E-state index contributed by atoms with van der Waals surface area (Å²) in [6.45, 7) is 5.27. The van der Waals surface area contributed by atoms with Crippen molar-refractivity contribution in [3.8, 4) is 0 Å². The zero-order chi connectivity index (χ0) is 17.5. The Morgan fingerprint density at radius 2 is 1.92 bits per heavy atom. The van der Waals surface area contributed by atoms with Gasteiger partial charge in [0, 0.05) is 39.5 Å². The van der Waals surface area contributed by atoms with Crippen molar-refractivity contribution < 1.29 is 0 Å². The van der Waals surface area contributed by atoms with Crippen LogP contribution >= 0.6 is 24.0 Å². The first-order valence-electron chi connectivity index (χ1n) is 10.1. The molecule has 1 aromatic heterocycles. The summed E-state index contributed by atoms with van der Waals surface area (Å²) in [6.07, 6.45) is 12.5. The van der Waals surface area contributed by atoms with Crippen LogP contribution in [0.3, 0.4) is 0 Å². The summed E-state index contributed by atoms with van der Waals surface area (Å²) in [7, 11) is 1.85. The van der Waals surface area contributed by atoms with E-state index in [-0.39, 0.29) is 24.0 Å². The van der Waals surface area contributed by atoms with Gasteiger partial charge in [-0.05, 0) is 37.5 Å². The van der Waals surface area contributed by atoms with Crippen molar-refractivity contribution >= 4 is 29.9 Å². The molecule has 1 fully saturated rings. The number of hydrogen-bond acceptors (Lipinski definition) is 3. The monoisotopic (exact) mass is 474 g/mol. The number of aliphatic imine (C=N–C) groups is 1. The number of rotatable bonds is 6. The molecule has 3 rings (SSSR count). The van der Waals surface area contributed by atoms with Gasteiger partial charge in [0.15, 0.2) is 5.96 Å². The number of aromatic nitrogens is 3. The minimum Gasteiger partial charge on any atom is -0.356 e. The fraction of sp³-hybridized carbons (Fsp3) is 0.842. The number of nitrogens with zero attached hydrogens (tertiary/aromatic N) is 4. The summed E-state index contributed by atoms with van der Waals surface area (Å²) in [5, 5.41) is 15.8. The Kier molecular flexibility index (Phi) is 8.63. The van der Waals surface area contributed by atoms with E-state index in [9.17, 15) is 0 Å². The molecule has 1 aliphatic heterocycles. The van der Waals surface area contributed by atoms with E-state index in [2.05, 4.69) is 37.3 Å². The standard InChI is InChI=1S/C19H34N6.HI/c1-3-19(11-6-7-12-19)15-22-18(20-2)21-13-10-17-24-23-16-9-5-4-8-14-25(16)17;/h3-15H2,1-2H3,(H2,20,21,22);1H. The van der Waals surface area contributed by atoms with Crippen molar-refractivity contribution in [1.82, 2.24) is 25.4 Å². The number of halogens is 1. The summed E-state index contributed by atoms with van der Waals surface area (Å²) in [4.78, 5) is 4.39. The van der Waals surface area contributed by atoms with E-state index in [1.54, 1.807) is 0 Å². The molecular formula is C19H35IN6. The van der Waals surface area contributed by atoms with Gasteiger partial charge in [-0.25, -0.2) is 0 Å². The van der Waals surface area contributed by atoms with Gasteiger partial charge in [0.25, 0.3) is 0 Å². The highest BCUT2D eigenvalue weighted by Crippen LogP contribution is 2.40. The molecule has 0 amide bonds. The molecule has 0 radical (unpaired) electrons. The van der Waals surface area contributed by atoms with Gasteiger partial charge in [0.05, 0.1) is 0 Å². The van der Waals surface area contributed by atoms with Crippen LogP contribution in [0.15, 0.2) is 4.99 Å². The first kappa shape index (κ1) is 21.4. The highest BCUT2D eigenvalue weighted by atomic mass is 127. The third kappa shape index (κ3) is 5.33. The van der Waals surface area contributed by atoms with Gasteiger partial charge in [-0.2, -0.15) is 0 Å². The Morgan fingerprint density at radius 1 is 1.12 bits per heavy atom. The van der Waals surface area contributed by atoms with Crippen LogP contribution < -0.4 is 10.6 Å². The number of nitrogens with one attached hydrogen (secondary N) is 2. The summed E-state index contributed by atoms with van der Waals surface area (Å²) < 4.78 is 2.33. The Morgan fingerprint density at radius 3 is 2.65 bits per heavy atom. The Bertz CT molecular complexity index is 577. The summed E-state index contributed by atoms with van der Waals surface area (Å²) >= 11 is 0. The largest absolute Gasteiger partial charge is 0.356 e. The Hall–Kier alpha value is -0.860. The molecule has 148 valence electrons. The zero-order valence-corrected chi connectivity index (χ0v) is 18.7. The van der Waals surface area contributed by atoms with Crippen molar-refractivity contribution in [1.29, 1.82) is 0 Å². The minimum absolute atomic E-state index is 0. The van der Waals surface area contributed by atoms with E-state index in [4.69, 9.17) is 0 Å². The van der Waals surface area contributed by atoms with Crippen molar-refractivity contribution in [2.45, 2.75) is 77.7 Å². The molecule has 1 aliphatic carbocycles. The first-order chi connectivity index (χ1) is 12.3. The predicted molar refractivity (Wildman–Crippen MR) is 117 cm³/mol. The summed E-state index contributed by atoms with van der Waals surface area (Å²) in [5.41, 5.74) is 0.474. The maximum atomic E-state index is 4.41. The van der Waals surface area contributed by atoms with E-state index < -0.39 is 0 Å². The first-order valence-corrected chi connectivity index (χ1v) is 10.1. The predicted octanol–water partition coefficient (Wildman–Crippen LogP) is 3.30. The fourth-order valence-corrected chi connectivity index (χ4v) is 4.30. The molecule has 0 saturated heterocycles. The van der Waals surface area contributed by atoms with Crippen LogP contribution in [0.2, 0.25) is 0 Å². The Balaban J connectivity index is 0.00000243. The average molecular weight is 474 g/mol. The second-order valence-corrected chi connectivity index (χ2v) is 7.66. The molecular weight excluding hydrogens is 439 g/mol. The Labute approximate surface area is 175 Å². The van der Waals surface area contributed by atoms with Crippen LogP contribution in [-0.2, 0) is 19.4 Å². The van der Waals surface area contributed by atoms with Gasteiger partial charge >= 0.3 is 0 Å². The van der Waals surface area contributed by atoms with Crippen LogP contribution in [0.25, 0.3) is 0 Å². The lowest BCUT2D eigenvalue weighted by atomic mass is 9.83. The molecule has 26 heavy (non-hydrogen) atoms. The highest BCUT2D eigenvalue weighted by Gasteiger charge is 2.31. The lowest BCUT2D eigenvalue weighted by molar-refractivity contribution is 0.283. The van der Waals surface area contributed by atoms with Gasteiger partial charge < -0.3 is 15.2 Å². The SMILES string of the molecule is CCC1(CNC(=NC)NCCc2nnc3n2CCCCC3)CCCC1.I. The molecule has 2 N–H and O–H groups in total. The number of guanidine groups is 1. The van der Waals surface area contributed by atoms with E-state index in [1.807, 2.05) is 7.05 Å². The van der Waals surface area contributed by atoms with Crippen molar-refractivity contribution in [3.63, 3.8) is 0 Å². The molecule has 0 unspecified atom stereocenters. The van der Waals surface area contributed by atoms with E-state index in [0.29, 0.717) is 5.41 Å². The van der Waals surface area contributed by atoms with Crippen LogP contribution in [0.1, 0.15) is 69.9 Å². The lowest BCUT2D eigenvalue weighted by Crippen LogP contribution is -2.43. The summed E-state index contributed by atoms with van der Waals surface area (Å²) in [6, 6.07) is 0. The number of fused-ring (bicyclic) bond motifs is 1. The van der Waals surface area contributed by atoms with Gasteiger partial charge in [0.2, 0.25) is 0 Å². The molecule has 0 aromatic carbocycles. The minimum atomic E-state index is 0. The lowest BCUT2D eigenvalue weighted by Gasteiger charge is -2.28. The smallest absolute Gasteiger partial charge is 0.191 e. The van der Waals surface area contributed by atoms with Crippen molar-refractivity contribution in [2.75, 3.05) is 20.1 Å². The van der Waals surface area contributed by atoms with Gasteiger partial charge in [-0.15, -0.1) is 34.2 Å². The third-order valence-electron chi connectivity index (χ3n) is 6.10. The zero-order valence-electron chi connectivity index (χ0n) is 16.4. The number of aryl methyl sites for hydroxylation is 1. The van der Waals surface area contributed by atoms with Crippen LogP contribution in [-0.4, -0.2) is 40.9 Å². The third-order valence-corrected chi connectivity index (χ3v) is 6.10. The molecule has 0 spiro atoms. The van der Waals surface area contributed by atoms with Crippen molar-refractivity contribution in [3.05, 3.63) is 11.6 Å². The van der Waals surface area contributed by atoms with Gasteiger partial charge in [-0.3, -0.25) is 4.99 Å². The van der Waals surface area contributed by atoms with Gasteiger partial charge in [-0.1, -0.05) is 26.2 Å². The highest BCUT2D eigenvalue weighted by molar-refractivity contribution is 14.0. The topological polar surface area (TPSA) is 67.1 Å². The van der Waals surface area contributed by atoms with E-state index >= 15 is 0 Å². The molecule has 1 saturated carbocycles. The van der Waals surface area contributed by atoms with Crippen LogP contribution in [0.5, 0.6) is 0 Å². The van der Waals surface area contributed by atoms with Crippen LogP contribution in [0.4, 0.5) is 0 Å². The molecule has 1 aromatic rings.